The zero-order valence-electron chi connectivity index (χ0n) is 12.0. The first kappa shape index (κ1) is 15.3. The third-order valence-electron chi connectivity index (χ3n) is 3.03. The van der Waals surface area contributed by atoms with Crippen molar-refractivity contribution >= 4 is 11.6 Å². The Morgan fingerprint density at radius 2 is 1.89 bits per heavy atom. The molecule has 0 aliphatic heterocycles. The van der Waals surface area contributed by atoms with E-state index in [9.17, 15) is 4.79 Å². The number of amides is 1. The largest absolute Gasteiger partial charge is 0.496 e. The SMILES string of the molecule is COc1cc(N(C)C(=O)CCCN)c(OC)cc1C. The summed E-state index contributed by atoms with van der Waals surface area (Å²) in [4.78, 5) is 13.6. The fraction of sp³-hybridized carbons (Fsp3) is 0.500. The van der Waals surface area contributed by atoms with Crippen molar-refractivity contribution in [1.29, 1.82) is 0 Å². The normalized spacial score (nSPS) is 10.2. The Morgan fingerprint density at radius 3 is 2.42 bits per heavy atom. The molecule has 2 N–H and O–H groups in total. The summed E-state index contributed by atoms with van der Waals surface area (Å²) in [6.07, 6.45) is 1.10. The second-order valence-corrected chi connectivity index (χ2v) is 4.34. The highest BCUT2D eigenvalue weighted by atomic mass is 16.5. The second kappa shape index (κ2) is 6.99. The molecule has 0 saturated carbocycles. The molecule has 1 amide bonds. The number of methoxy groups -OCH3 is 2. The van der Waals surface area contributed by atoms with Gasteiger partial charge >= 0.3 is 0 Å². The van der Waals surface area contributed by atoms with Crippen molar-refractivity contribution in [3.63, 3.8) is 0 Å². The lowest BCUT2D eigenvalue weighted by Crippen LogP contribution is -2.27. The molecule has 1 rings (SSSR count). The number of aryl methyl sites for hydroxylation is 1. The van der Waals surface area contributed by atoms with E-state index in [-0.39, 0.29) is 5.91 Å². The van der Waals surface area contributed by atoms with Gasteiger partial charge in [0.1, 0.15) is 11.5 Å². The molecule has 19 heavy (non-hydrogen) atoms. The van der Waals surface area contributed by atoms with Crippen molar-refractivity contribution in [2.45, 2.75) is 19.8 Å². The maximum absolute atomic E-state index is 12.0. The minimum absolute atomic E-state index is 0.00894. The summed E-state index contributed by atoms with van der Waals surface area (Å²) >= 11 is 0. The quantitative estimate of drug-likeness (QED) is 0.851. The third kappa shape index (κ3) is 3.61. The van der Waals surface area contributed by atoms with Gasteiger partial charge < -0.3 is 20.1 Å². The van der Waals surface area contributed by atoms with Crippen LogP contribution in [-0.4, -0.2) is 33.7 Å². The van der Waals surface area contributed by atoms with Gasteiger partial charge in [0, 0.05) is 19.5 Å². The number of anilines is 1. The average molecular weight is 266 g/mol. The number of carbonyl (C=O) groups is 1. The van der Waals surface area contributed by atoms with E-state index in [1.165, 1.54) is 0 Å². The zero-order chi connectivity index (χ0) is 14.4. The maximum atomic E-state index is 12.0. The molecule has 5 heteroatoms. The first-order valence-corrected chi connectivity index (χ1v) is 6.24. The van der Waals surface area contributed by atoms with E-state index in [4.69, 9.17) is 15.2 Å². The summed E-state index contributed by atoms with van der Waals surface area (Å²) in [6, 6.07) is 3.68. The van der Waals surface area contributed by atoms with Crippen molar-refractivity contribution in [1.82, 2.24) is 0 Å². The van der Waals surface area contributed by atoms with E-state index in [2.05, 4.69) is 0 Å². The molecule has 0 saturated heterocycles. The van der Waals surface area contributed by atoms with Crippen molar-refractivity contribution in [3.8, 4) is 11.5 Å². The van der Waals surface area contributed by atoms with Gasteiger partial charge in [0.2, 0.25) is 5.91 Å². The molecule has 0 fully saturated rings. The highest BCUT2D eigenvalue weighted by Crippen LogP contribution is 2.34. The second-order valence-electron chi connectivity index (χ2n) is 4.34. The highest BCUT2D eigenvalue weighted by Gasteiger charge is 2.17. The Morgan fingerprint density at radius 1 is 1.26 bits per heavy atom. The van der Waals surface area contributed by atoms with E-state index in [0.717, 1.165) is 11.3 Å². The van der Waals surface area contributed by atoms with Crippen molar-refractivity contribution in [2.75, 3.05) is 32.7 Å². The lowest BCUT2D eigenvalue weighted by Gasteiger charge is -2.21. The summed E-state index contributed by atoms with van der Waals surface area (Å²) in [5, 5.41) is 0. The lowest BCUT2D eigenvalue weighted by molar-refractivity contribution is -0.118. The first-order valence-electron chi connectivity index (χ1n) is 6.24. The predicted octanol–water partition coefficient (Wildman–Crippen LogP) is 1.71. The smallest absolute Gasteiger partial charge is 0.226 e. The van der Waals surface area contributed by atoms with Gasteiger partial charge in [-0.2, -0.15) is 0 Å². The molecular formula is C14H22N2O3. The van der Waals surface area contributed by atoms with Gasteiger partial charge in [-0.25, -0.2) is 0 Å². The summed E-state index contributed by atoms with van der Waals surface area (Å²) < 4.78 is 10.6. The standard InChI is InChI=1S/C14H22N2O3/c1-10-8-13(19-4)11(9-12(10)18-3)16(2)14(17)6-5-7-15/h8-9H,5-7,15H2,1-4H3. The Kier molecular flexibility index (Phi) is 5.63. The van der Waals surface area contributed by atoms with Crippen LogP contribution in [0.5, 0.6) is 11.5 Å². The summed E-state index contributed by atoms with van der Waals surface area (Å²) in [6.45, 7) is 2.44. The molecule has 0 aliphatic carbocycles. The molecule has 1 aromatic carbocycles. The molecule has 0 unspecified atom stereocenters. The van der Waals surface area contributed by atoms with Gasteiger partial charge in [0.25, 0.3) is 0 Å². The van der Waals surface area contributed by atoms with E-state index >= 15 is 0 Å². The topological polar surface area (TPSA) is 64.8 Å². The fourth-order valence-corrected chi connectivity index (χ4v) is 1.85. The van der Waals surface area contributed by atoms with Crippen LogP contribution < -0.4 is 20.1 Å². The predicted molar refractivity (Wildman–Crippen MR) is 76.0 cm³/mol. The molecule has 0 heterocycles. The molecule has 1 aromatic rings. The molecular weight excluding hydrogens is 244 g/mol. The van der Waals surface area contributed by atoms with Gasteiger partial charge in [-0.05, 0) is 31.5 Å². The van der Waals surface area contributed by atoms with Crippen molar-refractivity contribution in [2.24, 2.45) is 5.73 Å². The Labute approximate surface area is 114 Å². The van der Waals surface area contributed by atoms with E-state index < -0.39 is 0 Å². The molecule has 0 radical (unpaired) electrons. The van der Waals surface area contributed by atoms with Crippen LogP contribution in [0.2, 0.25) is 0 Å². The summed E-state index contributed by atoms with van der Waals surface area (Å²) in [7, 11) is 4.92. The van der Waals surface area contributed by atoms with Crippen LogP contribution in [-0.2, 0) is 4.79 Å². The zero-order valence-corrected chi connectivity index (χ0v) is 12.0. The van der Waals surface area contributed by atoms with Gasteiger partial charge in [-0.15, -0.1) is 0 Å². The van der Waals surface area contributed by atoms with Crippen LogP contribution in [0.3, 0.4) is 0 Å². The molecule has 0 atom stereocenters. The highest BCUT2D eigenvalue weighted by molar-refractivity contribution is 5.94. The van der Waals surface area contributed by atoms with Crippen LogP contribution in [0.4, 0.5) is 5.69 Å². The van der Waals surface area contributed by atoms with E-state index in [1.54, 1.807) is 26.2 Å². The number of hydrogen-bond acceptors (Lipinski definition) is 4. The number of hydrogen-bond donors (Lipinski definition) is 1. The molecule has 0 spiro atoms. The number of rotatable bonds is 6. The number of ether oxygens (including phenoxy) is 2. The summed E-state index contributed by atoms with van der Waals surface area (Å²) in [5.74, 6) is 1.39. The molecule has 106 valence electrons. The number of carbonyl (C=O) groups excluding carboxylic acids is 1. The monoisotopic (exact) mass is 266 g/mol. The number of nitrogens with zero attached hydrogens (tertiary/aromatic N) is 1. The Hall–Kier alpha value is -1.75. The first-order chi connectivity index (χ1) is 9.04. The fourth-order valence-electron chi connectivity index (χ4n) is 1.85. The van der Waals surface area contributed by atoms with Crippen molar-refractivity contribution < 1.29 is 14.3 Å². The number of nitrogens with two attached hydrogens (primary N) is 1. The van der Waals surface area contributed by atoms with Crippen LogP contribution >= 0.6 is 0 Å². The van der Waals surface area contributed by atoms with Gasteiger partial charge in [-0.1, -0.05) is 0 Å². The minimum atomic E-state index is 0.00894. The van der Waals surface area contributed by atoms with Crippen LogP contribution in [0.1, 0.15) is 18.4 Å². The van der Waals surface area contributed by atoms with Crippen LogP contribution in [0, 0.1) is 6.92 Å². The molecule has 0 aromatic heterocycles. The maximum Gasteiger partial charge on any atom is 0.226 e. The van der Waals surface area contributed by atoms with Gasteiger partial charge in [-0.3, -0.25) is 4.79 Å². The van der Waals surface area contributed by atoms with E-state index in [0.29, 0.717) is 30.8 Å². The Bertz CT molecular complexity index is 447. The molecule has 0 aliphatic rings. The number of benzene rings is 1. The average Bonchev–Trinajstić information content (AvgIpc) is 2.43. The van der Waals surface area contributed by atoms with Gasteiger partial charge in [0.05, 0.1) is 19.9 Å². The lowest BCUT2D eigenvalue weighted by atomic mass is 10.1. The molecule has 5 nitrogen and oxygen atoms in total. The van der Waals surface area contributed by atoms with Crippen LogP contribution in [0.25, 0.3) is 0 Å². The Balaban J connectivity index is 3.06. The molecule has 0 bridgehead atoms. The van der Waals surface area contributed by atoms with Gasteiger partial charge in [0.15, 0.2) is 0 Å². The third-order valence-corrected chi connectivity index (χ3v) is 3.03. The van der Waals surface area contributed by atoms with Crippen LogP contribution in [0.15, 0.2) is 12.1 Å². The van der Waals surface area contributed by atoms with E-state index in [1.807, 2.05) is 19.1 Å². The summed E-state index contributed by atoms with van der Waals surface area (Å²) in [5.41, 5.74) is 7.09. The van der Waals surface area contributed by atoms with Crippen molar-refractivity contribution in [3.05, 3.63) is 17.7 Å². The minimum Gasteiger partial charge on any atom is -0.496 e.